The van der Waals surface area contributed by atoms with Crippen LogP contribution in [0.15, 0.2) is 6.20 Å². The van der Waals surface area contributed by atoms with E-state index in [4.69, 9.17) is 5.11 Å². The summed E-state index contributed by atoms with van der Waals surface area (Å²) in [5.74, 6) is 0.246. The number of carbonyl (C=O) groups is 1. The highest BCUT2D eigenvalue weighted by atomic mass is 16.4. The van der Waals surface area contributed by atoms with Gasteiger partial charge in [0.25, 0.3) is 0 Å². The zero-order chi connectivity index (χ0) is 8.55. The van der Waals surface area contributed by atoms with Crippen molar-refractivity contribution in [3.8, 4) is 0 Å². The first-order valence-electron chi connectivity index (χ1n) is 4.02. The Hall–Kier alpha value is -1.32. The molecule has 0 saturated carbocycles. The second kappa shape index (κ2) is 2.62. The van der Waals surface area contributed by atoms with Crippen molar-refractivity contribution in [2.75, 3.05) is 0 Å². The molecule has 1 aromatic rings. The lowest BCUT2D eigenvalue weighted by atomic mass is 10.3. The van der Waals surface area contributed by atoms with E-state index in [0.717, 1.165) is 30.9 Å². The number of rotatable bonds is 2. The highest BCUT2D eigenvalue weighted by Gasteiger charge is 2.16. The van der Waals surface area contributed by atoms with E-state index in [0.29, 0.717) is 0 Å². The predicted octanol–water partition coefficient (Wildman–Crippen LogP) is 0.456. The van der Waals surface area contributed by atoms with Crippen molar-refractivity contribution < 1.29 is 9.90 Å². The van der Waals surface area contributed by atoms with Gasteiger partial charge < -0.3 is 9.67 Å². The number of carboxylic acid groups (broad SMARTS) is 1. The summed E-state index contributed by atoms with van der Waals surface area (Å²) >= 11 is 0. The molecule has 12 heavy (non-hydrogen) atoms. The van der Waals surface area contributed by atoms with Gasteiger partial charge in [0.2, 0.25) is 0 Å². The second-order valence-electron chi connectivity index (χ2n) is 2.99. The molecule has 1 aromatic heterocycles. The molecule has 4 heteroatoms. The third-order valence-electron chi connectivity index (χ3n) is 2.14. The molecule has 2 rings (SSSR count). The van der Waals surface area contributed by atoms with E-state index in [1.807, 2.05) is 4.57 Å². The molecule has 0 amide bonds. The minimum absolute atomic E-state index is 0.0903. The molecule has 0 aliphatic carbocycles. The van der Waals surface area contributed by atoms with Crippen molar-refractivity contribution in [3.05, 3.63) is 17.7 Å². The van der Waals surface area contributed by atoms with Crippen LogP contribution >= 0.6 is 0 Å². The molecule has 64 valence electrons. The van der Waals surface area contributed by atoms with Crippen molar-refractivity contribution in [2.45, 2.75) is 25.8 Å². The zero-order valence-corrected chi connectivity index (χ0v) is 6.66. The molecular formula is C8H10N2O2. The van der Waals surface area contributed by atoms with E-state index < -0.39 is 5.97 Å². The first-order valence-corrected chi connectivity index (χ1v) is 4.02. The van der Waals surface area contributed by atoms with Gasteiger partial charge in [-0.15, -0.1) is 0 Å². The van der Waals surface area contributed by atoms with E-state index >= 15 is 0 Å². The summed E-state index contributed by atoms with van der Waals surface area (Å²) in [6.07, 6.45) is 3.84. The average Bonchev–Trinajstić information content (AvgIpc) is 2.52. The van der Waals surface area contributed by atoms with Crippen LogP contribution in [0.2, 0.25) is 0 Å². The van der Waals surface area contributed by atoms with Crippen LogP contribution < -0.4 is 0 Å². The first kappa shape index (κ1) is 7.34. The van der Waals surface area contributed by atoms with E-state index in [1.165, 1.54) is 0 Å². The van der Waals surface area contributed by atoms with Crippen LogP contribution in [0.5, 0.6) is 0 Å². The number of fused-ring (bicyclic) bond motifs is 1. The molecule has 0 radical (unpaired) electrons. The number of aromatic nitrogens is 2. The van der Waals surface area contributed by atoms with Crippen molar-refractivity contribution in [3.63, 3.8) is 0 Å². The van der Waals surface area contributed by atoms with Crippen LogP contribution in [0.3, 0.4) is 0 Å². The van der Waals surface area contributed by atoms with Crippen molar-refractivity contribution in [1.82, 2.24) is 9.55 Å². The number of aliphatic carboxylic acids is 1. The fourth-order valence-electron chi connectivity index (χ4n) is 1.62. The van der Waals surface area contributed by atoms with E-state index in [2.05, 4.69) is 4.98 Å². The van der Waals surface area contributed by atoms with Gasteiger partial charge in [-0.2, -0.15) is 0 Å². The van der Waals surface area contributed by atoms with Crippen LogP contribution in [-0.4, -0.2) is 20.6 Å². The second-order valence-corrected chi connectivity index (χ2v) is 2.99. The van der Waals surface area contributed by atoms with Crippen molar-refractivity contribution >= 4 is 5.97 Å². The molecule has 0 atom stereocenters. The lowest BCUT2D eigenvalue weighted by Gasteiger charge is -2.00. The monoisotopic (exact) mass is 166 g/mol. The topological polar surface area (TPSA) is 55.1 Å². The van der Waals surface area contributed by atoms with Gasteiger partial charge in [0.05, 0.1) is 6.42 Å². The average molecular weight is 166 g/mol. The molecule has 0 unspecified atom stereocenters. The maximum absolute atomic E-state index is 10.4. The molecule has 1 aliphatic heterocycles. The Balaban J connectivity index is 2.27. The number of hydrogen-bond donors (Lipinski definition) is 1. The standard InChI is InChI=1S/C8H10N2O2/c11-8(12)4-6-5-9-7-2-1-3-10(6)7/h5H,1-4H2,(H,11,12). The quantitative estimate of drug-likeness (QED) is 0.694. The van der Waals surface area contributed by atoms with Crippen LogP contribution in [0.25, 0.3) is 0 Å². The van der Waals surface area contributed by atoms with Gasteiger partial charge in [0.1, 0.15) is 5.82 Å². The predicted molar refractivity (Wildman–Crippen MR) is 41.9 cm³/mol. The van der Waals surface area contributed by atoms with Crippen LogP contribution in [-0.2, 0) is 24.2 Å². The maximum Gasteiger partial charge on any atom is 0.309 e. The molecule has 0 fully saturated rings. The minimum Gasteiger partial charge on any atom is -0.481 e. The number of carboxylic acids is 1. The lowest BCUT2D eigenvalue weighted by molar-refractivity contribution is -0.136. The number of hydrogen-bond acceptors (Lipinski definition) is 2. The molecule has 1 aliphatic rings. The Labute approximate surface area is 69.8 Å². The summed E-state index contributed by atoms with van der Waals surface area (Å²) in [4.78, 5) is 14.6. The van der Waals surface area contributed by atoms with E-state index in [9.17, 15) is 4.79 Å². The van der Waals surface area contributed by atoms with Gasteiger partial charge in [-0.1, -0.05) is 0 Å². The van der Waals surface area contributed by atoms with Gasteiger partial charge in [0.15, 0.2) is 0 Å². The maximum atomic E-state index is 10.4. The van der Waals surface area contributed by atoms with Gasteiger partial charge in [-0.05, 0) is 6.42 Å². The van der Waals surface area contributed by atoms with Gasteiger partial charge in [-0.3, -0.25) is 4.79 Å². The van der Waals surface area contributed by atoms with Gasteiger partial charge >= 0.3 is 5.97 Å². The third-order valence-corrected chi connectivity index (χ3v) is 2.14. The van der Waals surface area contributed by atoms with Crippen molar-refractivity contribution in [1.29, 1.82) is 0 Å². The van der Waals surface area contributed by atoms with Gasteiger partial charge in [0, 0.05) is 24.9 Å². The largest absolute Gasteiger partial charge is 0.481 e. The summed E-state index contributed by atoms with van der Waals surface area (Å²) in [6, 6.07) is 0. The fraction of sp³-hybridized carbons (Fsp3) is 0.500. The van der Waals surface area contributed by atoms with E-state index in [-0.39, 0.29) is 6.42 Å². The van der Waals surface area contributed by atoms with Crippen LogP contribution in [0, 0.1) is 0 Å². The van der Waals surface area contributed by atoms with Crippen LogP contribution in [0.1, 0.15) is 17.9 Å². The third kappa shape index (κ3) is 1.09. The Morgan fingerprint density at radius 3 is 3.33 bits per heavy atom. The summed E-state index contributed by atoms with van der Waals surface area (Å²) in [5.41, 5.74) is 0.829. The molecule has 0 saturated heterocycles. The molecule has 2 heterocycles. The Morgan fingerprint density at radius 1 is 1.75 bits per heavy atom. The zero-order valence-electron chi connectivity index (χ0n) is 6.66. The molecule has 0 bridgehead atoms. The summed E-state index contributed by atoms with van der Waals surface area (Å²) < 4.78 is 2.01. The highest BCUT2D eigenvalue weighted by Crippen LogP contribution is 2.16. The van der Waals surface area contributed by atoms with Crippen molar-refractivity contribution in [2.24, 2.45) is 0 Å². The highest BCUT2D eigenvalue weighted by molar-refractivity contribution is 5.69. The number of imidazole rings is 1. The minimum atomic E-state index is -0.787. The first-order chi connectivity index (χ1) is 5.77. The fourth-order valence-corrected chi connectivity index (χ4v) is 1.62. The Morgan fingerprint density at radius 2 is 2.58 bits per heavy atom. The molecule has 1 N–H and O–H groups in total. The molecular weight excluding hydrogens is 156 g/mol. The normalized spacial score (nSPS) is 14.7. The summed E-state index contributed by atoms with van der Waals surface area (Å²) in [6.45, 7) is 0.929. The molecule has 4 nitrogen and oxygen atoms in total. The number of aryl methyl sites for hydroxylation is 1. The smallest absolute Gasteiger partial charge is 0.309 e. The Kier molecular flexibility index (Phi) is 1.60. The Bertz CT molecular complexity index is 317. The SMILES string of the molecule is O=C(O)Cc1cnc2n1CCC2. The lowest BCUT2D eigenvalue weighted by Crippen LogP contribution is -2.06. The number of nitrogens with zero attached hydrogens (tertiary/aromatic N) is 2. The van der Waals surface area contributed by atoms with Crippen LogP contribution in [0.4, 0.5) is 0 Å². The summed E-state index contributed by atoms with van der Waals surface area (Å²) in [5, 5.41) is 8.58. The molecule has 0 aromatic carbocycles. The van der Waals surface area contributed by atoms with Gasteiger partial charge in [-0.25, -0.2) is 4.98 Å². The van der Waals surface area contributed by atoms with E-state index in [1.54, 1.807) is 6.20 Å². The summed E-state index contributed by atoms with van der Waals surface area (Å²) in [7, 11) is 0. The molecule has 0 spiro atoms.